The van der Waals surface area contributed by atoms with Crippen LogP contribution in [0.15, 0.2) is 24.3 Å². The van der Waals surface area contributed by atoms with Crippen LogP contribution in [0.3, 0.4) is 0 Å². The highest BCUT2D eigenvalue weighted by molar-refractivity contribution is 5.31. The molecule has 1 fully saturated rings. The zero-order valence-corrected chi connectivity index (χ0v) is 15.1. The Morgan fingerprint density at radius 2 is 1.71 bits per heavy atom. The second kappa shape index (κ2) is 9.25. The molecule has 24 heavy (non-hydrogen) atoms. The van der Waals surface area contributed by atoms with E-state index in [9.17, 15) is 5.11 Å². The van der Waals surface area contributed by atoms with Crippen molar-refractivity contribution in [2.45, 2.75) is 45.3 Å². The molecule has 0 aromatic heterocycles. The number of rotatable bonds is 11. The van der Waals surface area contributed by atoms with Gasteiger partial charge in [-0.25, -0.2) is 0 Å². The van der Waals surface area contributed by atoms with Crippen LogP contribution in [0.4, 0.5) is 0 Å². The first kappa shape index (κ1) is 19.0. The molecule has 2 rings (SSSR count). The number of benzene rings is 1. The van der Waals surface area contributed by atoms with Gasteiger partial charge in [-0.2, -0.15) is 0 Å². The summed E-state index contributed by atoms with van der Waals surface area (Å²) in [4.78, 5) is 0. The van der Waals surface area contributed by atoms with Crippen molar-refractivity contribution in [1.82, 2.24) is 5.32 Å². The number of ether oxygens (including phenoxy) is 3. The summed E-state index contributed by atoms with van der Waals surface area (Å²) in [6, 6.07) is 7.45. The fourth-order valence-corrected chi connectivity index (χ4v) is 2.06. The van der Waals surface area contributed by atoms with Crippen molar-refractivity contribution in [3.05, 3.63) is 24.3 Å². The van der Waals surface area contributed by atoms with Crippen LogP contribution in [0.1, 0.15) is 33.6 Å². The van der Waals surface area contributed by atoms with Crippen LogP contribution in [-0.2, 0) is 4.74 Å². The van der Waals surface area contributed by atoms with E-state index in [4.69, 9.17) is 14.2 Å². The average Bonchev–Trinajstić information content (AvgIpc) is 3.35. The van der Waals surface area contributed by atoms with Crippen molar-refractivity contribution in [3.63, 3.8) is 0 Å². The summed E-state index contributed by atoms with van der Waals surface area (Å²) in [7, 11) is 0. The molecule has 0 spiro atoms. The molecule has 5 nitrogen and oxygen atoms in total. The van der Waals surface area contributed by atoms with Gasteiger partial charge in [-0.05, 0) is 63.8 Å². The Hall–Kier alpha value is -1.30. The molecular weight excluding hydrogens is 306 g/mol. The van der Waals surface area contributed by atoms with Gasteiger partial charge in [0.25, 0.3) is 0 Å². The lowest BCUT2D eigenvalue weighted by Crippen LogP contribution is -2.42. The maximum atomic E-state index is 9.91. The predicted molar refractivity (Wildman–Crippen MR) is 94.7 cm³/mol. The average molecular weight is 337 g/mol. The molecule has 5 heteroatoms. The number of aliphatic hydroxyl groups is 1. The Kier molecular flexibility index (Phi) is 7.34. The first-order chi connectivity index (χ1) is 11.4. The SMILES string of the molecule is CC(C)(C)NCC(O)COc1ccc(OCCOCC2CC2)cc1. The van der Waals surface area contributed by atoms with E-state index in [1.807, 2.05) is 24.3 Å². The molecule has 0 radical (unpaired) electrons. The molecule has 1 saturated carbocycles. The van der Waals surface area contributed by atoms with E-state index in [0.717, 1.165) is 24.0 Å². The highest BCUT2D eigenvalue weighted by Crippen LogP contribution is 2.28. The maximum Gasteiger partial charge on any atom is 0.119 e. The lowest BCUT2D eigenvalue weighted by molar-refractivity contribution is 0.0925. The Bertz CT molecular complexity index is 465. The minimum atomic E-state index is -0.538. The summed E-state index contributed by atoms with van der Waals surface area (Å²) in [5.74, 6) is 2.31. The van der Waals surface area contributed by atoms with Gasteiger partial charge < -0.3 is 24.6 Å². The summed E-state index contributed by atoms with van der Waals surface area (Å²) >= 11 is 0. The van der Waals surface area contributed by atoms with Gasteiger partial charge in [-0.3, -0.25) is 0 Å². The smallest absolute Gasteiger partial charge is 0.119 e. The lowest BCUT2D eigenvalue weighted by atomic mass is 10.1. The number of aliphatic hydroxyl groups excluding tert-OH is 1. The predicted octanol–water partition coefficient (Wildman–Crippen LogP) is 2.62. The monoisotopic (exact) mass is 337 g/mol. The third kappa shape index (κ3) is 8.52. The van der Waals surface area contributed by atoms with Gasteiger partial charge >= 0.3 is 0 Å². The van der Waals surface area contributed by atoms with Gasteiger partial charge in [0.1, 0.15) is 30.8 Å². The van der Waals surface area contributed by atoms with Crippen LogP contribution in [0, 0.1) is 5.92 Å². The zero-order chi connectivity index (χ0) is 17.4. The molecule has 1 aromatic rings. The van der Waals surface area contributed by atoms with Gasteiger partial charge in [0.2, 0.25) is 0 Å². The minimum absolute atomic E-state index is 0.0116. The summed E-state index contributed by atoms with van der Waals surface area (Å²) in [5.41, 5.74) is -0.0116. The lowest BCUT2D eigenvalue weighted by Gasteiger charge is -2.23. The third-order valence-electron chi connectivity index (χ3n) is 3.68. The maximum absolute atomic E-state index is 9.91. The molecule has 1 aromatic carbocycles. The number of β-amino-alcohol motifs (C(OH)–C–C–N with tert-alkyl or cyclic N) is 1. The topological polar surface area (TPSA) is 60.0 Å². The van der Waals surface area contributed by atoms with Crippen LogP contribution < -0.4 is 14.8 Å². The van der Waals surface area contributed by atoms with E-state index >= 15 is 0 Å². The van der Waals surface area contributed by atoms with Gasteiger partial charge in [0, 0.05) is 18.7 Å². The molecule has 1 aliphatic rings. The Labute approximate surface area is 145 Å². The Morgan fingerprint density at radius 1 is 1.08 bits per heavy atom. The summed E-state index contributed by atoms with van der Waals surface area (Å²) < 4.78 is 16.8. The Balaban J connectivity index is 1.58. The zero-order valence-electron chi connectivity index (χ0n) is 15.1. The highest BCUT2D eigenvalue weighted by atomic mass is 16.5. The standard InChI is InChI=1S/C19H31NO4/c1-19(2,3)20-12-16(21)14-24-18-8-6-17(7-9-18)23-11-10-22-13-15-4-5-15/h6-9,15-16,20-21H,4-5,10-14H2,1-3H3. The normalized spacial score (nSPS) is 16.0. The number of nitrogens with one attached hydrogen (secondary N) is 1. The summed E-state index contributed by atoms with van der Waals surface area (Å²) in [5, 5.41) is 13.2. The van der Waals surface area contributed by atoms with E-state index in [-0.39, 0.29) is 12.1 Å². The summed E-state index contributed by atoms with van der Waals surface area (Å²) in [6.45, 7) is 9.01. The van der Waals surface area contributed by atoms with Gasteiger partial charge in [-0.15, -0.1) is 0 Å². The van der Waals surface area contributed by atoms with Crippen LogP contribution in [0.2, 0.25) is 0 Å². The van der Waals surface area contributed by atoms with Crippen LogP contribution >= 0.6 is 0 Å². The van der Waals surface area contributed by atoms with Gasteiger partial charge in [0.15, 0.2) is 0 Å². The molecule has 0 amide bonds. The fourth-order valence-electron chi connectivity index (χ4n) is 2.06. The van der Waals surface area contributed by atoms with E-state index in [0.29, 0.717) is 19.8 Å². The molecule has 0 saturated heterocycles. The van der Waals surface area contributed by atoms with Crippen molar-refractivity contribution in [2.75, 3.05) is 33.0 Å². The molecule has 0 aliphatic heterocycles. The van der Waals surface area contributed by atoms with Gasteiger partial charge in [-0.1, -0.05) is 0 Å². The second-order valence-corrected chi connectivity index (χ2v) is 7.43. The molecule has 1 aliphatic carbocycles. The largest absolute Gasteiger partial charge is 0.491 e. The molecule has 1 atom stereocenters. The highest BCUT2D eigenvalue weighted by Gasteiger charge is 2.20. The summed E-state index contributed by atoms with van der Waals surface area (Å²) in [6.07, 6.45) is 2.08. The van der Waals surface area contributed by atoms with E-state index in [2.05, 4.69) is 26.1 Å². The molecule has 0 heterocycles. The van der Waals surface area contributed by atoms with E-state index < -0.39 is 6.10 Å². The van der Waals surface area contributed by atoms with E-state index in [1.54, 1.807) is 0 Å². The molecule has 0 bridgehead atoms. The van der Waals surface area contributed by atoms with Crippen molar-refractivity contribution in [1.29, 1.82) is 0 Å². The van der Waals surface area contributed by atoms with Crippen molar-refractivity contribution in [3.8, 4) is 11.5 Å². The molecule has 2 N–H and O–H groups in total. The first-order valence-electron chi connectivity index (χ1n) is 8.79. The molecule has 136 valence electrons. The van der Waals surface area contributed by atoms with Gasteiger partial charge in [0.05, 0.1) is 6.61 Å². The van der Waals surface area contributed by atoms with E-state index in [1.165, 1.54) is 12.8 Å². The number of hydrogen-bond acceptors (Lipinski definition) is 5. The first-order valence-corrected chi connectivity index (χ1v) is 8.79. The van der Waals surface area contributed by atoms with Crippen molar-refractivity contribution >= 4 is 0 Å². The minimum Gasteiger partial charge on any atom is -0.491 e. The van der Waals surface area contributed by atoms with Crippen LogP contribution in [0.5, 0.6) is 11.5 Å². The number of hydrogen-bond donors (Lipinski definition) is 2. The molecular formula is C19H31NO4. The molecule has 1 unspecified atom stereocenters. The fraction of sp³-hybridized carbons (Fsp3) is 0.684. The quantitative estimate of drug-likeness (QED) is 0.608. The third-order valence-corrected chi connectivity index (χ3v) is 3.68. The van der Waals surface area contributed by atoms with Crippen molar-refractivity contribution in [2.24, 2.45) is 5.92 Å². The van der Waals surface area contributed by atoms with Crippen LogP contribution in [0.25, 0.3) is 0 Å². The van der Waals surface area contributed by atoms with Crippen LogP contribution in [-0.4, -0.2) is 49.7 Å². The Morgan fingerprint density at radius 3 is 2.29 bits per heavy atom. The van der Waals surface area contributed by atoms with Crippen molar-refractivity contribution < 1.29 is 19.3 Å². The second-order valence-electron chi connectivity index (χ2n) is 7.43.